The van der Waals surface area contributed by atoms with Gasteiger partial charge in [-0.15, -0.1) is 0 Å². The summed E-state index contributed by atoms with van der Waals surface area (Å²) >= 11 is 0. The van der Waals surface area contributed by atoms with E-state index < -0.39 is 0 Å². The second-order valence-corrected chi connectivity index (χ2v) is 6.35. The quantitative estimate of drug-likeness (QED) is 0.847. The van der Waals surface area contributed by atoms with Gasteiger partial charge in [0.15, 0.2) is 0 Å². The Hall–Kier alpha value is -2.67. The molecule has 0 aliphatic carbocycles. The number of methoxy groups -OCH3 is 1. The number of rotatable bonds is 6. The number of benzene rings is 1. The lowest BCUT2D eigenvalue weighted by atomic mass is 10.1. The number of aromatic nitrogens is 2. The fraction of sp³-hybridized carbons (Fsp3) is 0.421. The van der Waals surface area contributed by atoms with Gasteiger partial charge in [0.25, 0.3) is 5.91 Å². The van der Waals surface area contributed by atoms with Gasteiger partial charge >= 0.3 is 0 Å². The first-order valence-electron chi connectivity index (χ1n) is 8.84. The van der Waals surface area contributed by atoms with Gasteiger partial charge in [0.05, 0.1) is 7.11 Å². The van der Waals surface area contributed by atoms with E-state index in [4.69, 9.17) is 4.74 Å². The molecule has 7 heteroatoms. The molecule has 1 saturated heterocycles. The molecular formula is C19H25N5O2. The number of anilines is 1. The largest absolute Gasteiger partial charge is 0.496 e. The second kappa shape index (κ2) is 8.62. The van der Waals surface area contributed by atoms with Crippen LogP contribution in [0.15, 0.2) is 36.5 Å². The van der Waals surface area contributed by atoms with Gasteiger partial charge in [0.1, 0.15) is 11.4 Å². The van der Waals surface area contributed by atoms with Crippen LogP contribution in [0.4, 0.5) is 5.95 Å². The number of para-hydroxylation sites is 1. The monoisotopic (exact) mass is 355 g/mol. The number of hydrogen-bond donors (Lipinski definition) is 1. The number of piperazine rings is 1. The van der Waals surface area contributed by atoms with Crippen molar-refractivity contribution in [3.05, 3.63) is 47.8 Å². The molecule has 0 radical (unpaired) electrons. The SMILES string of the molecule is COc1ccccc1CCNc1nccc(C(=O)N2CCN(C)CC2)n1. The van der Waals surface area contributed by atoms with Crippen LogP contribution in [-0.2, 0) is 6.42 Å². The summed E-state index contributed by atoms with van der Waals surface area (Å²) in [6.45, 7) is 3.90. The molecule has 1 aliphatic heterocycles. The van der Waals surface area contributed by atoms with E-state index >= 15 is 0 Å². The third-order valence-electron chi connectivity index (χ3n) is 4.54. The number of likely N-dealkylation sites (N-methyl/N-ethyl adjacent to an activating group) is 1. The topological polar surface area (TPSA) is 70.6 Å². The maximum atomic E-state index is 12.6. The Morgan fingerprint density at radius 2 is 1.96 bits per heavy atom. The van der Waals surface area contributed by atoms with Crippen molar-refractivity contribution < 1.29 is 9.53 Å². The standard InChI is InChI=1S/C19H25N5O2/c1-23-11-13-24(14-12-23)18(25)16-8-10-21-19(22-16)20-9-7-15-5-3-4-6-17(15)26-2/h3-6,8,10H,7,9,11-14H2,1-2H3,(H,20,21,22). The molecule has 0 spiro atoms. The minimum atomic E-state index is -0.0340. The van der Waals surface area contributed by atoms with Crippen molar-refractivity contribution in [2.45, 2.75) is 6.42 Å². The first-order valence-corrected chi connectivity index (χ1v) is 8.84. The van der Waals surface area contributed by atoms with Crippen LogP contribution in [0.5, 0.6) is 5.75 Å². The third-order valence-corrected chi connectivity index (χ3v) is 4.54. The van der Waals surface area contributed by atoms with Crippen molar-refractivity contribution in [2.75, 3.05) is 52.2 Å². The molecule has 1 N–H and O–H groups in total. The molecular weight excluding hydrogens is 330 g/mol. The van der Waals surface area contributed by atoms with Crippen molar-refractivity contribution in [3.8, 4) is 5.75 Å². The Balaban J connectivity index is 1.58. The molecule has 3 rings (SSSR count). The molecule has 26 heavy (non-hydrogen) atoms. The van der Waals surface area contributed by atoms with Crippen LogP contribution in [0, 0.1) is 0 Å². The second-order valence-electron chi connectivity index (χ2n) is 6.35. The highest BCUT2D eigenvalue weighted by Gasteiger charge is 2.21. The predicted molar refractivity (Wildman–Crippen MR) is 101 cm³/mol. The van der Waals surface area contributed by atoms with Crippen molar-refractivity contribution >= 4 is 11.9 Å². The molecule has 138 valence electrons. The lowest BCUT2D eigenvalue weighted by Gasteiger charge is -2.32. The number of amides is 1. The number of nitrogens with zero attached hydrogens (tertiary/aromatic N) is 4. The third kappa shape index (κ3) is 4.49. The molecule has 1 fully saturated rings. The minimum Gasteiger partial charge on any atom is -0.496 e. The van der Waals surface area contributed by atoms with E-state index in [1.165, 1.54) is 0 Å². The van der Waals surface area contributed by atoms with Crippen molar-refractivity contribution in [1.82, 2.24) is 19.8 Å². The Morgan fingerprint density at radius 3 is 2.73 bits per heavy atom. The maximum Gasteiger partial charge on any atom is 0.272 e. The van der Waals surface area contributed by atoms with Gasteiger partial charge in [-0.3, -0.25) is 4.79 Å². The van der Waals surface area contributed by atoms with Gasteiger partial charge in [-0.2, -0.15) is 0 Å². The Morgan fingerprint density at radius 1 is 1.19 bits per heavy atom. The summed E-state index contributed by atoms with van der Waals surface area (Å²) in [7, 11) is 3.74. The van der Waals surface area contributed by atoms with Crippen molar-refractivity contribution in [3.63, 3.8) is 0 Å². The number of carbonyl (C=O) groups is 1. The first-order chi connectivity index (χ1) is 12.7. The van der Waals surface area contributed by atoms with Gasteiger partial charge in [0.2, 0.25) is 5.95 Å². The molecule has 7 nitrogen and oxygen atoms in total. The van der Waals surface area contributed by atoms with E-state index in [9.17, 15) is 4.79 Å². The summed E-state index contributed by atoms with van der Waals surface area (Å²) in [6.07, 6.45) is 2.41. The molecule has 1 aliphatic rings. The molecule has 0 unspecified atom stereocenters. The van der Waals surface area contributed by atoms with Gasteiger partial charge in [0, 0.05) is 38.9 Å². The Labute approximate surface area is 154 Å². The zero-order valence-electron chi connectivity index (χ0n) is 15.3. The number of hydrogen-bond acceptors (Lipinski definition) is 6. The smallest absolute Gasteiger partial charge is 0.272 e. The number of carbonyl (C=O) groups excluding carboxylic acids is 1. The minimum absolute atomic E-state index is 0.0340. The van der Waals surface area contributed by atoms with Crippen LogP contribution in [0.2, 0.25) is 0 Å². The fourth-order valence-electron chi connectivity index (χ4n) is 2.95. The Bertz CT molecular complexity index is 744. The van der Waals surface area contributed by atoms with Crippen LogP contribution in [0.3, 0.4) is 0 Å². The van der Waals surface area contributed by atoms with E-state index in [0.717, 1.165) is 43.9 Å². The zero-order chi connectivity index (χ0) is 18.4. The summed E-state index contributed by atoms with van der Waals surface area (Å²) in [5.74, 6) is 1.31. The normalized spacial score (nSPS) is 14.9. The Kier molecular flexibility index (Phi) is 6.01. The molecule has 0 bridgehead atoms. The lowest BCUT2D eigenvalue weighted by Crippen LogP contribution is -2.47. The molecule has 2 aromatic rings. The fourth-order valence-corrected chi connectivity index (χ4v) is 2.95. The molecule has 1 aromatic carbocycles. The van der Waals surface area contributed by atoms with Crippen molar-refractivity contribution in [1.29, 1.82) is 0 Å². The van der Waals surface area contributed by atoms with Gasteiger partial charge in [-0.05, 0) is 31.2 Å². The van der Waals surface area contributed by atoms with Gasteiger partial charge < -0.3 is 19.9 Å². The summed E-state index contributed by atoms with van der Waals surface area (Å²) in [5.41, 5.74) is 1.55. The zero-order valence-corrected chi connectivity index (χ0v) is 15.3. The van der Waals surface area contributed by atoms with Crippen LogP contribution in [0.25, 0.3) is 0 Å². The van der Waals surface area contributed by atoms with Crippen LogP contribution in [0.1, 0.15) is 16.1 Å². The number of ether oxygens (including phenoxy) is 1. The average molecular weight is 355 g/mol. The van der Waals surface area contributed by atoms with Gasteiger partial charge in [-0.1, -0.05) is 18.2 Å². The highest BCUT2D eigenvalue weighted by Crippen LogP contribution is 2.17. The predicted octanol–water partition coefficient (Wildman–Crippen LogP) is 1.53. The van der Waals surface area contributed by atoms with E-state index in [1.54, 1.807) is 19.4 Å². The summed E-state index contributed by atoms with van der Waals surface area (Å²) in [6, 6.07) is 9.60. The van der Waals surface area contributed by atoms with Crippen molar-refractivity contribution in [2.24, 2.45) is 0 Å². The van der Waals surface area contributed by atoms with Gasteiger partial charge in [-0.25, -0.2) is 9.97 Å². The van der Waals surface area contributed by atoms with Crippen LogP contribution >= 0.6 is 0 Å². The molecule has 2 heterocycles. The molecule has 0 atom stereocenters. The molecule has 1 aromatic heterocycles. The molecule has 0 saturated carbocycles. The van der Waals surface area contributed by atoms with Crippen LogP contribution in [-0.4, -0.2) is 72.6 Å². The molecule has 1 amide bonds. The van der Waals surface area contributed by atoms with Crippen LogP contribution < -0.4 is 10.1 Å². The van der Waals surface area contributed by atoms with E-state index in [2.05, 4.69) is 27.2 Å². The highest BCUT2D eigenvalue weighted by atomic mass is 16.5. The maximum absolute atomic E-state index is 12.6. The lowest BCUT2D eigenvalue weighted by molar-refractivity contribution is 0.0658. The van der Waals surface area contributed by atoms with E-state index in [1.807, 2.05) is 29.2 Å². The number of nitrogens with one attached hydrogen (secondary N) is 1. The average Bonchev–Trinajstić information content (AvgIpc) is 2.68. The first kappa shape index (κ1) is 18.1. The summed E-state index contributed by atoms with van der Waals surface area (Å²) in [5, 5.41) is 3.19. The summed E-state index contributed by atoms with van der Waals surface area (Å²) < 4.78 is 5.36. The highest BCUT2D eigenvalue weighted by molar-refractivity contribution is 5.92. The summed E-state index contributed by atoms with van der Waals surface area (Å²) in [4.78, 5) is 25.3. The van der Waals surface area contributed by atoms with E-state index in [0.29, 0.717) is 18.2 Å². The van der Waals surface area contributed by atoms with E-state index in [-0.39, 0.29) is 5.91 Å².